The number of amides is 2. The van der Waals surface area contributed by atoms with Gasteiger partial charge in [-0.2, -0.15) is 0 Å². The molecule has 2 aromatic rings. The van der Waals surface area contributed by atoms with Crippen LogP contribution in [0.4, 0.5) is 5.69 Å². The van der Waals surface area contributed by atoms with Crippen LogP contribution in [0, 0.1) is 6.92 Å². The van der Waals surface area contributed by atoms with E-state index in [-0.39, 0.29) is 11.8 Å². The average Bonchev–Trinajstić information content (AvgIpc) is 3.05. The van der Waals surface area contributed by atoms with Crippen molar-refractivity contribution in [2.24, 2.45) is 0 Å². The monoisotopic (exact) mass is 453 g/mol. The molecule has 6 nitrogen and oxygen atoms in total. The van der Waals surface area contributed by atoms with Crippen LogP contribution in [0.2, 0.25) is 5.02 Å². The summed E-state index contributed by atoms with van der Waals surface area (Å²) in [6.07, 6.45) is 0.918. The second-order valence-electron chi connectivity index (χ2n) is 8.26. The maximum atomic E-state index is 13.7. The first kappa shape index (κ1) is 22.4. The van der Waals surface area contributed by atoms with Gasteiger partial charge in [0.25, 0.3) is 11.8 Å². The second-order valence-corrected chi connectivity index (χ2v) is 8.70. The largest absolute Gasteiger partial charge is 0.494 e. The van der Waals surface area contributed by atoms with Crippen LogP contribution in [-0.2, 0) is 9.59 Å². The predicted molar refractivity (Wildman–Crippen MR) is 127 cm³/mol. The molecule has 0 saturated carbocycles. The molecular weight excluding hydrogens is 426 g/mol. The van der Waals surface area contributed by atoms with Crippen molar-refractivity contribution in [2.75, 3.05) is 44.7 Å². The van der Waals surface area contributed by atoms with Crippen LogP contribution < -0.4 is 9.64 Å². The normalized spacial score (nSPS) is 17.5. The van der Waals surface area contributed by atoms with Gasteiger partial charge in [-0.3, -0.25) is 9.59 Å². The molecule has 2 amide bonds. The molecule has 7 heteroatoms. The average molecular weight is 454 g/mol. The first-order valence-electron chi connectivity index (χ1n) is 11.0. The van der Waals surface area contributed by atoms with Crippen LogP contribution in [0.15, 0.2) is 48.2 Å². The topological polar surface area (TPSA) is 53.1 Å². The standard InChI is InChI=1S/C25H28ClN3O3/c1-4-15-32-20-9-6-18(7-10-20)22-23(28-13-11-27(3)12-14-28)25(31)29(24(22)30)21-16-19(26)8-5-17(21)2/h5-10,16H,4,11-15H2,1-3H3. The minimum atomic E-state index is -0.323. The fourth-order valence-electron chi connectivity index (χ4n) is 4.08. The molecule has 0 aliphatic carbocycles. The van der Waals surface area contributed by atoms with Crippen LogP contribution in [0.1, 0.15) is 24.5 Å². The van der Waals surface area contributed by atoms with Gasteiger partial charge in [-0.15, -0.1) is 0 Å². The minimum Gasteiger partial charge on any atom is -0.494 e. The Kier molecular flexibility index (Phi) is 6.53. The summed E-state index contributed by atoms with van der Waals surface area (Å²) in [5, 5.41) is 0.484. The van der Waals surface area contributed by atoms with E-state index in [1.807, 2.05) is 42.2 Å². The summed E-state index contributed by atoms with van der Waals surface area (Å²) in [6.45, 7) is 7.60. The highest BCUT2D eigenvalue weighted by atomic mass is 35.5. The molecule has 0 aromatic heterocycles. The summed E-state index contributed by atoms with van der Waals surface area (Å²) in [5.74, 6) is 0.124. The lowest BCUT2D eigenvalue weighted by Gasteiger charge is -2.34. The van der Waals surface area contributed by atoms with E-state index in [4.69, 9.17) is 16.3 Å². The number of carbonyl (C=O) groups is 2. The molecule has 1 saturated heterocycles. The van der Waals surface area contributed by atoms with Crippen LogP contribution in [-0.4, -0.2) is 61.4 Å². The Morgan fingerprint density at radius 2 is 1.66 bits per heavy atom. The first-order chi connectivity index (χ1) is 15.4. The molecule has 0 spiro atoms. The van der Waals surface area contributed by atoms with E-state index < -0.39 is 0 Å². The van der Waals surface area contributed by atoms with Crippen molar-refractivity contribution in [2.45, 2.75) is 20.3 Å². The Morgan fingerprint density at radius 1 is 0.969 bits per heavy atom. The molecule has 0 unspecified atom stereocenters. The number of hydrogen-bond acceptors (Lipinski definition) is 5. The predicted octanol–water partition coefficient (Wildman–Crippen LogP) is 3.97. The molecule has 0 radical (unpaired) electrons. The third-order valence-corrected chi connectivity index (χ3v) is 6.14. The summed E-state index contributed by atoms with van der Waals surface area (Å²) in [4.78, 5) is 32.9. The fraction of sp³-hybridized carbons (Fsp3) is 0.360. The van der Waals surface area contributed by atoms with Crippen molar-refractivity contribution in [3.63, 3.8) is 0 Å². The van der Waals surface area contributed by atoms with Gasteiger partial charge in [0, 0.05) is 31.2 Å². The number of halogens is 1. The van der Waals surface area contributed by atoms with E-state index in [1.54, 1.807) is 12.1 Å². The zero-order valence-corrected chi connectivity index (χ0v) is 19.5. The van der Waals surface area contributed by atoms with Crippen molar-refractivity contribution in [1.82, 2.24) is 9.80 Å². The molecule has 32 heavy (non-hydrogen) atoms. The van der Waals surface area contributed by atoms with Crippen LogP contribution >= 0.6 is 11.6 Å². The molecule has 0 N–H and O–H groups in total. The Hall–Kier alpha value is -2.83. The van der Waals surface area contributed by atoms with Gasteiger partial charge >= 0.3 is 0 Å². The van der Waals surface area contributed by atoms with E-state index in [0.29, 0.717) is 47.2 Å². The molecule has 2 aliphatic heterocycles. The zero-order valence-electron chi connectivity index (χ0n) is 18.7. The smallest absolute Gasteiger partial charge is 0.282 e. The van der Waals surface area contributed by atoms with E-state index in [1.165, 1.54) is 4.90 Å². The Bertz CT molecular complexity index is 1060. The van der Waals surface area contributed by atoms with Gasteiger partial charge in [-0.05, 0) is 55.8 Å². The lowest BCUT2D eigenvalue weighted by atomic mass is 10.0. The maximum absolute atomic E-state index is 13.7. The van der Waals surface area contributed by atoms with E-state index >= 15 is 0 Å². The van der Waals surface area contributed by atoms with Crippen LogP contribution in [0.5, 0.6) is 5.75 Å². The Balaban J connectivity index is 1.77. The highest BCUT2D eigenvalue weighted by Crippen LogP contribution is 2.37. The maximum Gasteiger partial charge on any atom is 0.282 e. The van der Waals surface area contributed by atoms with Gasteiger partial charge in [-0.1, -0.05) is 36.7 Å². The van der Waals surface area contributed by atoms with Crippen LogP contribution in [0.25, 0.3) is 5.57 Å². The third-order valence-electron chi connectivity index (χ3n) is 5.91. The number of nitrogens with zero attached hydrogens (tertiary/aromatic N) is 3. The number of likely N-dealkylation sites (N-methyl/N-ethyl adjacent to an activating group) is 1. The molecule has 2 aromatic carbocycles. The number of piperazine rings is 1. The van der Waals surface area contributed by atoms with Crippen LogP contribution in [0.3, 0.4) is 0 Å². The first-order valence-corrected chi connectivity index (χ1v) is 11.3. The number of benzene rings is 2. The highest BCUT2D eigenvalue weighted by molar-refractivity contribution is 6.45. The van der Waals surface area contributed by atoms with E-state index in [0.717, 1.165) is 30.8 Å². The van der Waals surface area contributed by atoms with Crippen molar-refractivity contribution >= 4 is 34.7 Å². The summed E-state index contributed by atoms with van der Waals surface area (Å²) < 4.78 is 5.69. The molecule has 2 heterocycles. The summed E-state index contributed by atoms with van der Waals surface area (Å²) in [6, 6.07) is 12.7. The van der Waals surface area contributed by atoms with E-state index in [2.05, 4.69) is 18.9 Å². The quantitative estimate of drug-likeness (QED) is 0.619. The Morgan fingerprint density at radius 3 is 2.31 bits per heavy atom. The molecule has 0 bridgehead atoms. The highest BCUT2D eigenvalue weighted by Gasteiger charge is 2.43. The third kappa shape index (κ3) is 4.25. The van der Waals surface area contributed by atoms with Crippen molar-refractivity contribution in [3.05, 3.63) is 64.3 Å². The summed E-state index contributed by atoms with van der Waals surface area (Å²) in [7, 11) is 2.06. The number of hydrogen-bond donors (Lipinski definition) is 0. The molecule has 1 fully saturated rings. The van der Waals surface area contributed by atoms with Gasteiger partial charge in [0.2, 0.25) is 0 Å². The number of aryl methyl sites for hydroxylation is 1. The molecule has 0 atom stereocenters. The SMILES string of the molecule is CCCOc1ccc(C2=C(N3CCN(C)CC3)C(=O)N(c3cc(Cl)ccc3C)C2=O)cc1. The minimum absolute atomic E-state index is 0.300. The molecule has 2 aliphatic rings. The number of rotatable bonds is 6. The molecule has 4 rings (SSSR count). The number of carbonyl (C=O) groups excluding carboxylic acids is 2. The van der Waals surface area contributed by atoms with Gasteiger partial charge < -0.3 is 14.5 Å². The van der Waals surface area contributed by atoms with E-state index in [9.17, 15) is 9.59 Å². The van der Waals surface area contributed by atoms with Crippen molar-refractivity contribution < 1.29 is 14.3 Å². The van der Waals surface area contributed by atoms with Crippen molar-refractivity contribution in [3.8, 4) is 5.75 Å². The summed E-state index contributed by atoms with van der Waals surface area (Å²) >= 11 is 6.21. The fourth-order valence-corrected chi connectivity index (χ4v) is 4.25. The number of anilines is 1. The van der Waals surface area contributed by atoms with Crippen molar-refractivity contribution in [1.29, 1.82) is 0 Å². The van der Waals surface area contributed by atoms with Gasteiger partial charge in [-0.25, -0.2) is 4.90 Å². The molecule has 168 valence electrons. The van der Waals surface area contributed by atoms with Gasteiger partial charge in [0.15, 0.2) is 0 Å². The lowest BCUT2D eigenvalue weighted by Crippen LogP contribution is -2.46. The zero-order chi connectivity index (χ0) is 22.8. The lowest BCUT2D eigenvalue weighted by molar-refractivity contribution is -0.120. The summed E-state index contributed by atoms with van der Waals surface area (Å²) in [5.41, 5.74) is 2.95. The number of ether oxygens (including phenoxy) is 1. The molecular formula is C25H28ClN3O3. The second kappa shape index (κ2) is 9.35. The van der Waals surface area contributed by atoms with Gasteiger partial charge in [0.05, 0.1) is 17.9 Å². The van der Waals surface area contributed by atoms with Gasteiger partial charge in [0.1, 0.15) is 11.4 Å². The Labute approximate surface area is 194 Å². The number of imide groups is 1.